The van der Waals surface area contributed by atoms with Crippen molar-refractivity contribution in [1.29, 1.82) is 0 Å². The zero-order valence-corrected chi connectivity index (χ0v) is 12.2. The number of hydrogen-bond donors (Lipinski definition) is 1. The summed E-state index contributed by atoms with van der Waals surface area (Å²) in [7, 11) is 0. The summed E-state index contributed by atoms with van der Waals surface area (Å²) in [5, 5.41) is 15.6. The SMILES string of the molecule is CC1CCC(O)(c2ccnn2-c2ccccc2)C(C)C1. The summed E-state index contributed by atoms with van der Waals surface area (Å²) in [5.41, 5.74) is 1.16. The quantitative estimate of drug-likeness (QED) is 0.906. The van der Waals surface area contributed by atoms with Gasteiger partial charge in [-0.2, -0.15) is 5.10 Å². The van der Waals surface area contributed by atoms with E-state index in [1.165, 1.54) is 0 Å². The van der Waals surface area contributed by atoms with Crippen molar-refractivity contribution < 1.29 is 5.11 Å². The molecule has 2 aromatic rings. The van der Waals surface area contributed by atoms with E-state index >= 15 is 0 Å². The van der Waals surface area contributed by atoms with Crippen LogP contribution in [0.4, 0.5) is 0 Å². The van der Waals surface area contributed by atoms with Crippen LogP contribution in [0.1, 0.15) is 38.8 Å². The predicted molar refractivity (Wildman–Crippen MR) is 79.6 cm³/mol. The number of hydrogen-bond acceptors (Lipinski definition) is 2. The Balaban J connectivity index is 2.01. The van der Waals surface area contributed by atoms with Crippen LogP contribution in [0.3, 0.4) is 0 Å². The number of para-hydroxylation sites is 1. The third-order valence-electron chi connectivity index (χ3n) is 4.68. The van der Waals surface area contributed by atoms with Crippen LogP contribution in [-0.4, -0.2) is 14.9 Å². The van der Waals surface area contributed by atoms with E-state index < -0.39 is 5.60 Å². The monoisotopic (exact) mass is 270 g/mol. The lowest BCUT2D eigenvalue weighted by atomic mass is 9.70. The summed E-state index contributed by atoms with van der Waals surface area (Å²) < 4.78 is 1.88. The minimum absolute atomic E-state index is 0.255. The van der Waals surface area contributed by atoms with Crippen molar-refractivity contribution in [2.45, 2.75) is 38.7 Å². The Morgan fingerprint density at radius 1 is 1.20 bits per heavy atom. The summed E-state index contributed by atoms with van der Waals surface area (Å²) in [4.78, 5) is 0. The normalized spacial score (nSPS) is 30.4. The van der Waals surface area contributed by atoms with E-state index in [0.717, 1.165) is 30.6 Å². The maximum absolute atomic E-state index is 11.2. The molecular weight excluding hydrogens is 248 g/mol. The van der Waals surface area contributed by atoms with Gasteiger partial charge in [-0.1, -0.05) is 32.0 Å². The largest absolute Gasteiger partial charge is 0.383 e. The zero-order valence-electron chi connectivity index (χ0n) is 12.2. The molecule has 1 aromatic heterocycles. The summed E-state index contributed by atoms with van der Waals surface area (Å²) in [6, 6.07) is 12.0. The van der Waals surface area contributed by atoms with Gasteiger partial charge in [0.1, 0.15) is 5.60 Å². The first-order chi connectivity index (χ1) is 9.61. The molecule has 1 fully saturated rings. The molecule has 1 heterocycles. The molecule has 3 rings (SSSR count). The third kappa shape index (κ3) is 2.16. The standard InChI is InChI=1S/C17H22N2O/c1-13-8-10-17(20,14(2)12-13)16-9-11-18-19(16)15-6-4-3-5-7-15/h3-7,9,11,13-14,20H,8,10,12H2,1-2H3. The van der Waals surface area contributed by atoms with Gasteiger partial charge in [-0.15, -0.1) is 0 Å². The fourth-order valence-electron chi connectivity index (χ4n) is 3.42. The molecule has 1 saturated carbocycles. The first kappa shape index (κ1) is 13.4. The fraction of sp³-hybridized carbons (Fsp3) is 0.471. The minimum Gasteiger partial charge on any atom is -0.383 e. The topological polar surface area (TPSA) is 38.1 Å². The predicted octanol–water partition coefficient (Wildman–Crippen LogP) is 3.52. The molecule has 0 saturated heterocycles. The first-order valence-electron chi connectivity index (χ1n) is 7.43. The Morgan fingerprint density at radius 3 is 2.65 bits per heavy atom. The molecule has 0 amide bonds. The van der Waals surface area contributed by atoms with Crippen LogP contribution in [0.2, 0.25) is 0 Å². The van der Waals surface area contributed by atoms with E-state index in [-0.39, 0.29) is 5.92 Å². The molecule has 3 unspecified atom stereocenters. The lowest BCUT2D eigenvalue weighted by Crippen LogP contribution is -2.40. The Labute approximate surface area is 120 Å². The summed E-state index contributed by atoms with van der Waals surface area (Å²) in [6.45, 7) is 4.42. The number of aliphatic hydroxyl groups is 1. The van der Waals surface area contributed by atoms with Gasteiger partial charge in [-0.3, -0.25) is 0 Å². The molecule has 1 aliphatic carbocycles. The molecule has 0 aliphatic heterocycles. The van der Waals surface area contributed by atoms with Gasteiger partial charge < -0.3 is 5.11 Å². The van der Waals surface area contributed by atoms with E-state index in [4.69, 9.17) is 0 Å². The van der Waals surface area contributed by atoms with E-state index in [1.807, 2.05) is 41.1 Å². The fourth-order valence-corrected chi connectivity index (χ4v) is 3.42. The molecule has 1 aromatic carbocycles. The Kier molecular flexibility index (Phi) is 3.38. The lowest BCUT2D eigenvalue weighted by Gasteiger charge is -2.40. The average Bonchev–Trinajstić information content (AvgIpc) is 2.94. The summed E-state index contributed by atoms with van der Waals surface area (Å²) in [5.74, 6) is 0.948. The molecule has 3 nitrogen and oxygen atoms in total. The highest BCUT2D eigenvalue weighted by Crippen LogP contribution is 2.43. The molecule has 0 spiro atoms. The Morgan fingerprint density at radius 2 is 1.95 bits per heavy atom. The lowest BCUT2D eigenvalue weighted by molar-refractivity contribution is -0.0639. The average molecular weight is 270 g/mol. The van der Waals surface area contributed by atoms with Gasteiger partial charge in [-0.25, -0.2) is 4.68 Å². The van der Waals surface area contributed by atoms with Gasteiger partial charge in [0.05, 0.1) is 11.4 Å². The molecule has 3 atom stereocenters. The zero-order chi connectivity index (χ0) is 14.2. The number of benzene rings is 1. The van der Waals surface area contributed by atoms with Crippen LogP contribution < -0.4 is 0 Å². The maximum atomic E-state index is 11.2. The molecule has 0 radical (unpaired) electrons. The molecule has 1 N–H and O–H groups in total. The molecular formula is C17H22N2O. The number of aromatic nitrogens is 2. The highest BCUT2D eigenvalue weighted by Gasteiger charge is 2.42. The number of rotatable bonds is 2. The van der Waals surface area contributed by atoms with Crippen LogP contribution in [0, 0.1) is 11.8 Å². The molecule has 1 aliphatic rings. The molecule has 3 heteroatoms. The van der Waals surface area contributed by atoms with Gasteiger partial charge in [0.15, 0.2) is 0 Å². The van der Waals surface area contributed by atoms with E-state index in [2.05, 4.69) is 18.9 Å². The van der Waals surface area contributed by atoms with E-state index in [0.29, 0.717) is 5.92 Å². The second-order valence-corrected chi connectivity index (χ2v) is 6.17. The van der Waals surface area contributed by atoms with Crippen molar-refractivity contribution in [1.82, 2.24) is 9.78 Å². The third-order valence-corrected chi connectivity index (χ3v) is 4.68. The van der Waals surface area contributed by atoms with Crippen LogP contribution in [0.25, 0.3) is 5.69 Å². The highest BCUT2D eigenvalue weighted by atomic mass is 16.3. The Hall–Kier alpha value is -1.61. The Bertz CT molecular complexity index is 578. The maximum Gasteiger partial charge on any atom is 0.109 e. The van der Waals surface area contributed by atoms with Gasteiger partial charge >= 0.3 is 0 Å². The summed E-state index contributed by atoms with van der Waals surface area (Å²) in [6.07, 6.45) is 4.73. The van der Waals surface area contributed by atoms with Crippen LogP contribution in [0.5, 0.6) is 0 Å². The van der Waals surface area contributed by atoms with Gasteiger partial charge in [-0.05, 0) is 49.3 Å². The summed E-state index contributed by atoms with van der Waals surface area (Å²) >= 11 is 0. The van der Waals surface area contributed by atoms with Gasteiger partial charge in [0, 0.05) is 6.20 Å². The van der Waals surface area contributed by atoms with Crippen molar-refractivity contribution in [2.24, 2.45) is 11.8 Å². The minimum atomic E-state index is -0.765. The van der Waals surface area contributed by atoms with Crippen molar-refractivity contribution in [3.63, 3.8) is 0 Å². The van der Waals surface area contributed by atoms with Crippen LogP contribution >= 0.6 is 0 Å². The highest BCUT2D eigenvalue weighted by molar-refractivity contribution is 5.34. The molecule has 106 valence electrons. The molecule has 20 heavy (non-hydrogen) atoms. The second kappa shape index (κ2) is 5.06. The number of nitrogens with zero attached hydrogens (tertiary/aromatic N) is 2. The molecule has 0 bridgehead atoms. The van der Waals surface area contributed by atoms with Crippen LogP contribution in [-0.2, 0) is 5.60 Å². The van der Waals surface area contributed by atoms with Crippen LogP contribution in [0.15, 0.2) is 42.6 Å². The second-order valence-electron chi connectivity index (χ2n) is 6.17. The smallest absolute Gasteiger partial charge is 0.109 e. The van der Waals surface area contributed by atoms with Crippen molar-refractivity contribution in [3.05, 3.63) is 48.3 Å². The van der Waals surface area contributed by atoms with Crippen molar-refractivity contribution in [3.8, 4) is 5.69 Å². The van der Waals surface area contributed by atoms with Crippen molar-refractivity contribution >= 4 is 0 Å². The van der Waals surface area contributed by atoms with Gasteiger partial charge in [0.2, 0.25) is 0 Å². The van der Waals surface area contributed by atoms with E-state index in [9.17, 15) is 5.11 Å². The van der Waals surface area contributed by atoms with Crippen molar-refractivity contribution in [2.75, 3.05) is 0 Å². The van der Waals surface area contributed by atoms with E-state index in [1.54, 1.807) is 6.20 Å². The first-order valence-corrected chi connectivity index (χ1v) is 7.43. The van der Waals surface area contributed by atoms with Gasteiger partial charge in [0.25, 0.3) is 0 Å².